The molecule has 2 saturated heterocycles. The van der Waals surface area contributed by atoms with Gasteiger partial charge in [0.1, 0.15) is 6.04 Å². The zero-order chi connectivity index (χ0) is 20.6. The average molecular weight is 407 g/mol. The molecule has 2 unspecified atom stereocenters. The Labute approximate surface area is 158 Å². The highest BCUT2D eigenvalue weighted by molar-refractivity contribution is 7.81. The van der Waals surface area contributed by atoms with Crippen LogP contribution >= 0.6 is 0 Å². The van der Waals surface area contributed by atoms with Crippen molar-refractivity contribution in [2.45, 2.75) is 58.7 Å². The van der Waals surface area contributed by atoms with Crippen LogP contribution in [0.1, 0.15) is 40.5 Å². The summed E-state index contributed by atoms with van der Waals surface area (Å²) in [4.78, 5) is 36.9. The van der Waals surface area contributed by atoms with E-state index in [0.717, 1.165) is 0 Å². The Morgan fingerprint density at radius 3 is 2.48 bits per heavy atom. The van der Waals surface area contributed by atoms with E-state index >= 15 is 0 Å². The van der Waals surface area contributed by atoms with Gasteiger partial charge in [0, 0.05) is 6.54 Å². The molecule has 2 aliphatic heterocycles. The van der Waals surface area contributed by atoms with E-state index in [2.05, 4.69) is 0 Å². The van der Waals surface area contributed by atoms with Crippen molar-refractivity contribution in [2.75, 3.05) is 13.2 Å². The Morgan fingerprint density at radius 1 is 1.30 bits per heavy atom. The molecule has 11 nitrogen and oxygen atoms in total. The maximum Gasteiger partial charge on any atom is 0.421 e. The van der Waals surface area contributed by atoms with Crippen LogP contribution < -0.4 is 5.73 Å². The summed E-state index contributed by atoms with van der Waals surface area (Å²) in [5.74, 6) is -1.29. The van der Waals surface area contributed by atoms with Gasteiger partial charge in [-0.05, 0) is 40.5 Å². The first-order valence-electron chi connectivity index (χ1n) is 8.53. The van der Waals surface area contributed by atoms with Crippen LogP contribution in [0.15, 0.2) is 0 Å². The Balaban J connectivity index is 2.00. The van der Waals surface area contributed by atoms with E-state index in [-0.39, 0.29) is 12.6 Å². The summed E-state index contributed by atoms with van der Waals surface area (Å²) in [6, 6.07) is -2.10. The van der Waals surface area contributed by atoms with E-state index in [1.54, 1.807) is 13.8 Å². The van der Waals surface area contributed by atoms with Crippen LogP contribution in [0.4, 0.5) is 4.79 Å². The highest BCUT2D eigenvalue weighted by Gasteiger charge is 2.49. The van der Waals surface area contributed by atoms with Gasteiger partial charge in [0.2, 0.25) is 5.91 Å². The van der Waals surface area contributed by atoms with Crippen molar-refractivity contribution in [3.8, 4) is 0 Å². The number of esters is 1. The number of fused-ring (bicyclic) bond motifs is 2. The van der Waals surface area contributed by atoms with Crippen molar-refractivity contribution >= 4 is 28.3 Å². The molecule has 154 valence electrons. The number of hydrogen-bond acceptors (Lipinski definition) is 8. The van der Waals surface area contributed by atoms with Gasteiger partial charge in [-0.15, -0.1) is 4.28 Å². The Hall–Kier alpha value is -1.92. The molecule has 3 amide bonds. The van der Waals surface area contributed by atoms with Gasteiger partial charge in [0.25, 0.3) is 0 Å². The van der Waals surface area contributed by atoms with Crippen molar-refractivity contribution in [3.63, 3.8) is 0 Å². The van der Waals surface area contributed by atoms with Gasteiger partial charge in [-0.1, -0.05) is 0 Å². The van der Waals surface area contributed by atoms with E-state index in [9.17, 15) is 22.8 Å². The Morgan fingerprint density at radius 2 is 1.93 bits per heavy atom. The second-order valence-corrected chi connectivity index (χ2v) is 8.69. The number of hydrogen-bond donors (Lipinski definition) is 1. The SMILES string of the molecule is CC(C)OC(=O)C(C)(C)COS(=O)(=O)ON1C(=O)N2CC1CCC2C(N)=O. The number of nitrogens with zero attached hydrogens (tertiary/aromatic N) is 2. The smallest absolute Gasteiger partial charge is 0.421 e. The number of amides is 3. The van der Waals surface area contributed by atoms with E-state index in [4.69, 9.17) is 18.9 Å². The second-order valence-electron chi connectivity index (χ2n) is 7.49. The molecule has 27 heavy (non-hydrogen) atoms. The van der Waals surface area contributed by atoms with Crippen molar-refractivity contribution in [3.05, 3.63) is 0 Å². The molecule has 0 radical (unpaired) electrons. The minimum absolute atomic E-state index is 0.133. The standard InChI is InChI=1S/C15H25N3O8S/c1-9(2)25-13(20)15(3,4)8-24-27(22,23)26-18-10-5-6-11(12(16)19)17(7-10)14(18)21/h9-11H,5-8H2,1-4H3,(H2,16,19). The average Bonchev–Trinajstić information content (AvgIpc) is 2.77. The summed E-state index contributed by atoms with van der Waals surface area (Å²) in [6.45, 7) is 5.87. The molecule has 12 heteroatoms. The van der Waals surface area contributed by atoms with Gasteiger partial charge in [-0.25, -0.2) is 8.98 Å². The first-order chi connectivity index (χ1) is 12.3. The van der Waals surface area contributed by atoms with Gasteiger partial charge in [-0.3, -0.25) is 9.59 Å². The zero-order valence-electron chi connectivity index (χ0n) is 15.7. The third-order valence-electron chi connectivity index (χ3n) is 4.28. The maximum atomic E-state index is 12.3. The number of carbonyl (C=O) groups excluding carboxylic acids is 3. The van der Waals surface area contributed by atoms with Crippen molar-refractivity contribution < 1.29 is 36.0 Å². The first-order valence-corrected chi connectivity index (χ1v) is 9.86. The molecule has 0 aromatic rings. The van der Waals surface area contributed by atoms with Gasteiger partial charge in [0.15, 0.2) is 0 Å². The van der Waals surface area contributed by atoms with Crippen molar-refractivity contribution in [2.24, 2.45) is 11.1 Å². The molecule has 2 rings (SSSR count). The molecule has 0 aromatic heterocycles. The van der Waals surface area contributed by atoms with Crippen molar-refractivity contribution in [1.29, 1.82) is 0 Å². The molecule has 0 spiro atoms. The van der Waals surface area contributed by atoms with Gasteiger partial charge >= 0.3 is 22.4 Å². The molecular weight excluding hydrogens is 382 g/mol. The number of nitrogens with two attached hydrogens (primary N) is 1. The fourth-order valence-corrected chi connectivity index (χ4v) is 3.66. The van der Waals surface area contributed by atoms with E-state index in [0.29, 0.717) is 17.9 Å². The largest absolute Gasteiger partial charge is 0.462 e. The number of rotatable bonds is 8. The Bertz CT molecular complexity index is 721. The van der Waals surface area contributed by atoms with Crippen LogP contribution in [-0.4, -0.2) is 67.6 Å². The lowest BCUT2D eigenvalue weighted by molar-refractivity contribution is -0.159. The number of primary amides is 1. The second kappa shape index (κ2) is 7.60. The Kier molecular flexibility index (Phi) is 6.02. The first kappa shape index (κ1) is 21.4. The number of piperidine rings is 1. The third-order valence-corrected chi connectivity index (χ3v) is 5.03. The molecule has 0 aromatic carbocycles. The summed E-state index contributed by atoms with van der Waals surface area (Å²) in [5.41, 5.74) is 4.02. The third kappa shape index (κ3) is 4.87. The zero-order valence-corrected chi connectivity index (χ0v) is 16.5. The fraction of sp³-hybridized carbons (Fsp3) is 0.800. The normalized spacial score (nSPS) is 23.1. The van der Waals surface area contributed by atoms with Crippen molar-refractivity contribution in [1.82, 2.24) is 9.96 Å². The summed E-state index contributed by atoms with van der Waals surface area (Å²) >= 11 is 0. The van der Waals surface area contributed by atoms with Gasteiger partial charge in [0.05, 0.1) is 24.2 Å². The van der Waals surface area contributed by atoms with Crippen LogP contribution in [0, 0.1) is 5.41 Å². The molecule has 2 fully saturated rings. The number of urea groups is 1. The summed E-state index contributed by atoms with van der Waals surface area (Å²) < 4.78 is 38.9. The molecule has 0 saturated carbocycles. The maximum absolute atomic E-state index is 12.3. The number of ether oxygens (including phenoxy) is 1. The molecule has 2 aliphatic rings. The van der Waals surface area contributed by atoms with Crippen LogP contribution in [0.2, 0.25) is 0 Å². The molecule has 2 atom stereocenters. The number of hydroxylamine groups is 2. The quantitative estimate of drug-likeness (QED) is 0.549. The highest BCUT2D eigenvalue weighted by Crippen LogP contribution is 2.31. The molecule has 2 heterocycles. The summed E-state index contributed by atoms with van der Waals surface area (Å²) in [5, 5.41) is 0.678. The lowest BCUT2D eigenvalue weighted by atomic mass is 9.95. The predicted octanol–water partition coefficient (Wildman–Crippen LogP) is -0.0889. The summed E-state index contributed by atoms with van der Waals surface area (Å²) in [6.07, 6.45) is 0.316. The highest BCUT2D eigenvalue weighted by atomic mass is 32.3. The topological polar surface area (TPSA) is 146 Å². The van der Waals surface area contributed by atoms with Crippen LogP contribution in [0.5, 0.6) is 0 Å². The lowest BCUT2D eigenvalue weighted by Gasteiger charge is -2.27. The minimum Gasteiger partial charge on any atom is -0.462 e. The van der Waals surface area contributed by atoms with Crippen LogP contribution in [0.25, 0.3) is 0 Å². The summed E-state index contributed by atoms with van der Waals surface area (Å²) in [7, 11) is -4.62. The van der Waals surface area contributed by atoms with Crippen LogP contribution in [-0.2, 0) is 33.2 Å². The fourth-order valence-electron chi connectivity index (χ4n) is 2.80. The van der Waals surface area contributed by atoms with E-state index < -0.39 is 52.4 Å². The minimum atomic E-state index is -4.62. The van der Waals surface area contributed by atoms with Gasteiger partial charge < -0.3 is 15.4 Å². The molecule has 0 aliphatic carbocycles. The lowest BCUT2D eigenvalue weighted by Crippen LogP contribution is -2.47. The predicted molar refractivity (Wildman–Crippen MR) is 90.9 cm³/mol. The molecular formula is C15H25N3O8S. The molecule has 2 bridgehead atoms. The monoisotopic (exact) mass is 407 g/mol. The number of carbonyl (C=O) groups is 3. The van der Waals surface area contributed by atoms with E-state index in [1.165, 1.54) is 18.7 Å². The van der Waals surface area contributed by atoms with E-state index in [1.807, 2.05) is 0 Å². The van der Waals surface area contributed by atoms with Crippen LogP contribution in [0.3, 0.4) is 0 Å². The van der Waals surface area contributed by atoms with Gasteiger partial charge in [-0.2, -0.15) is 13.5 Å². The molecule has 2 N–H and O–H groups in total.